The third-order valence-corrected chi connectivity index (χ3v) is 10.6. The summed E-state index contributed by atoms with van der Waals surface area (Å²) in [6.45, 7) is 10.2. The van der Waals surface area contributed by atoms with Gasteiger partial charge in [0, 0.05) is 26.2 Å². The van der Waals surface area contributed by atoms with Gasteiger partial charge in [0.05, 0.1) is 6.10 Å². The van der Waals surface area contributed by atoms with Gasteiger partial charge in [-0.3, -0.25) is 4.79 Å². The van der Waals surface area contributed by atoms with Crippen molar-refractivity contribution < 1.29 is 14.6 Å². The molecule has 2 N–H and O–H groups in total. The number of aliphatic hydroxyl groups is 1. The number of carbonyl (C=O) groups excluding carboxylic acids is 1. The predicted octanol–water partition coefficient (Wildman–Crippen LogP) is 6.03. The number of nitrogens with one attached hydrogen (secondary N) is 1. The Morgan fingerprint density at radius 3 is 2.67 bits per heavy atom. The summed E-state index contributed by atoms with van der Waals surface area (Å²) >= 11 is 0. The van der Waals surface area contributed by atoms with Gasteiger partial charge in [0.2, 0.25) is 5.91 Å². The minimum atomic E-state index is 0.116. The Balaban J connectivity index is 1.38. The summed E-state index contributed by atoms with van der Waals surface area (Å²) in [5.74, 6) is 3.18. The van der Waals surface area contributed by atoms with Gasteiger partial charge >= 0.3 is 0 Å². The minimum absolute atomic E-state index is 0.116. The highest BCUT2D eigenvalue weighted by Crippen LogP contribution is 2.66. The van der Waals surface area contributed by atoms with E-state index in [2.05, 4.69) is 32.2 Å². The van der Waals surface area contributed by atoms with Crippen LogP contribution < -0.4 is 5.32 Å². The Labute approximate surface area is 202 Å². The van der Waals surface area contributed by atoms with Crippen LogP contribution in [0.4, 0.5) is 0 Å². The molecule has 3 unspecified atom stereocenters. The monoisotopic (exact) mass is 459 g/mol. The van der Waals surface area contributed by atoms with Gasteiger partial charge in [-0.2, -0.15) is 0 Å². The van der Waals surface area contributed by atoms with Crippen LogP contribution in [-0.4, -0.2) is 36.4 Å². The van der Waals surface area contributed by atoms with Crippen LogP contribution in [0.5, 0.6) is 0 Å². The van der Waals surface area contributed by atoms with Gasteiger partial charge in [-0.1, -0.05) is 38.3 Å². The van der Waals surface area contributed by atoms with Crippen molar-refractivity contribution in [2.75, 3.05) is 13.2 Å². The highest BCUT2D eigenvalue weighted by atomic mass is 16.5. The van der Waals surface area contributed by atoms with Crippen molar-refractivity contribution in [1.29, 1.82) is 0 Å². The molecule has 0 bridgehead atoms. The quantitative estimate of drug-likeness (QED) is 0.327. The Kier molecular flexibility index (Phi) is 7.95. The van der Waals surface area contributed by atoms with Gasteiger partial charge in [0.25, 0.3) is 0 Å². The summed E-state index contributed by atoms with van der Waals surface area (Å²) in [6.07, 6.45) is 17.5. The molecule has 0 saturated heterocycles. The standard InChI is InChI=1S/C29H49NO3/c1-20(30-21(2)32)25-11-12-26-24-10-9-22-19-23(33-18-8-6-5-7-17-31)13-15-28(22,3)27(24)14-16-29(25,26)4/h9,20,23-27,31H,5-8,10-19H2,1-4H3,(H,30,32)/t20-,23+,24?,25-,26?,27?,28+,29-/m1/s1. The Morgan fingerprint density at radius 2 is 1.91 bits per heavy atom. The number of aliphatic hydroxyl groups excluding tert-OH is 1. The third kappa shape index (κ3) is 4.94. The molecule has 3 saturated carbocycles. The lowest BCUT2D eigenvalue weighted by atomic mass is 9.47. The van der Waals surface area contributed by atoms with Crippen molar-refractivity contribution in [2.24, 2.45) is 34.5 Å². The number of hydrogen-bond donors (Lipinski definition) is 2. The molecule has 8 atom stereocenters. The van der Waals surface area contributed by atoms with Crippen LogP contribution in [0.3, 0.4) is 0 Å². The van der Waals surface area contributed by atoms with E-state index in [4.69, 9.17) is 9.84 Å². The molecule has 4 rings (SSSR count). The molecule has 0 spiro atoms. The smallest absolute Gasteiger partial charge is 0.217 e. The van der Waals surface area contributed by atoms with Crippen molar-refractivity contribution >= 4 is 5.91 Å². The zero-order chi connectivity index (χ0) is 23.6. The lowest BCUT2D eigenvalue weighted by molar-refractivity contribution is -0.120. The van der Waals surface area contributed by atoms with Crippen LogP contribution in [0.1, 0.15) is 105 Å². The summed E-state index contributed by atoms with van der Waals surface area (Å²) in [6, 6.07) is 0.288. The van der Waals surface area contributed by atoms with Gasteiger partial charge in [0.1, 0.15) is 0 Å². The van der Waals surface area contributed by atoms with Gasteiger partial charge in [0.15, 0.2) is 0 Å². The van der Waals surface area contributed by atoms with Crippen molar-refractivity contribution in [2.45, 2.75) is 117 Å². The molecule has 4 aliphatic rings. The molecule has 4 aliphatic carbocycles. The number of hydrogen-bond acceptors (Lipinski definition) is 3. The number of amides is 1. The first-order valence-electron chi connectivity index (χ1n) is 14.0. The maximum Gasteiger partial charge on any atom is 0.217 e. The van der Waals surface area contributed by atoms with E-state index >= 15 is 0 Å². The topological polar surface area (TPSA) is 58.6 Å². The van der Waals surface area contributed by atoms with Gasteiger partial charge in [-0.15, -0.1) is 0 Å². The Bertz CT molecular complexity index is 720. The normalized spacial score (nSPS) is 40.9. The fourth-order valence-corrected chi connectivity index (χ4v) is 8.87. The van der Waals surface area contributed by atoms with Gasteiger partial charge < -0.3 is 15.2 Å². The third-order valence-electron chi connectivity index (χ3n) is 10.6. The van der Waals surface area contributed by atoms with Gasteiger partial charge in [-0.05, 0) is 106 Å². The summed E-state index contributed by atoms with van der Waals surface area (Å²) in [4.78, 5) is 11.7. The molecule has 4 heteroatoms. The summed E-state index contributed by atoms with van der Waals surface area (Å²) in [7, 11) is 0. The van der Waals surface area contributed by atoms with Crippen LogP contribution in [-0.2, 0) is 9.53 Å². The Morgan fingerprint density at radius 1 is 1.12 bits per heavy atom. The maximum atomic E-state index is 11.7. The summed E-state index contributed by atoms with van der Waals surface area (Å²) in [5, 5.41) is 12.2. The van der Waals surface area contributed by atoms with E-state index in [1.54, 1.807) is 12.5 Å². The molecule has 0 aliphatic heterocycles. The van der Waals surface area contributed by atoms with Gasteiger partial charge in [-0.25, -0.2) is 0 Å². The van der Waals surface area contributed by atoms with E-state index in [-0.39, 0.29) is 11.9 Å². The average Bonchev–Trinajstić information content (AvgIpc) is 3.13. The first-order chi connectivity index (χ1) is 15.8. The van der Waals surface area contributed by atoms with Crippen LogP contribution in [0.25, 0.3) is 0 Å². The summed E-state index contributed by atoms with van der Waals surface area (Å²) < 4.78 is 6.31. The van der Waals surface area contributed by atoms with E-state index in [9.17, 15) is 4.79 Å². The number of fused-ring (bicyclic) bond motifs is 5. The lowest BCUT2D eigenvalue weighted by Gasteiger charge is -2.58. The van der Waals surface area contributed by atoms with E-state index in [1.165, 1.54) is 51.4 Å². The predicted molar refractivity (Wildman–Crippen MR) is 134 cm³/mol. The molecule has 33 heavy (non-hydrogen) atoms. The van der Waals surface area contributed by atoms with Crippen LogP contribution in [0, 0.1) is 34.5 Å². The molecule has 0 radical (unpaired) electrons. The molecule has 0 aromatic rings. The second-order valence-electron chi connectivity index (χ2n) is 12.4. The maximum absolute atomic E-state index is 11.7. The van der Waals surface area contributed by atoms with Crippen molar-refractivity contribution in [3.05, 3.63) is 11.6 Å². The number of rotatable bonds is 9. The first-order valence-corrected chi connectivity index (χ1v) is 14.0. The largest absolute Gasteiger partial charge is 0.396 e. The van der Waals surface area contributed by atoms with Crippen LogP contribution >= 0.6 is 0 Å². The minimum Gasteiger partial charge on any atom is -0.396 e. The molecule has 188 valence electrons. The SMILES string of the molecule is CC(=O)N[C@H](C)[C@H]1CCC2C3CC=C4C[C@@H](OCCCCCCO)CC[C@]4(C)C3CC[C@@]21C. The number of unbranched alkanes of at least 4 members (excludes halogenated alkanes) is 3. The molecule has 1 amide bonds. The first kappa shape index (κ1) is 25.2. The zero-order valence-electron chi connectivity index (χ0n) is 21.7. The van der Waals surface area contributed by atoms with Crippen molar-refractivity contribution in [3.63, 3.8) is 0 Å². The van der Waals surface area contributed by atoms with E-state index in [1.807, 2.05) is 0 Å². The number of carbonyl (C=O) groups is 1. The number of ether oxygens (including phenoxy) is 1. The summed E-state index contributed by atoms with van der Waals surface area (Å²) in [5.41, 5.74) is 2.44. The molecule has 0 aromatic heterocycles. The fraction of sp³-hybridized carbons (Fsp3) is 0.897. The molecular weight excluding hydrogens is 410 g/mol. The van der Waals surface area contributed by atoms with Crippen molar-refractivity contribution in [1.82, 2.24) is 5.32 Å². The van der Waals surface area contributed by atoms with Crippen molar-refractivity contribution in [3.8, 4) is 0 Å². The highest BCUT2D eigenvalue weighted by Gasteiger charge is 2.59. The molecule has 0 heterocycles. The lowest BCUT2D eigenvalue weighted by Crippen LogP contribution is -2.52. The number of allylic oxidation sites excluding steroid dienone is 1. The van der Waals surface area contributed by atoms with E-state index < -0.39 is 0 Å². The van der Waals surface area contributed by atoms with E-state index in [0.717, 1.165) is 50.0 Å². The fourth-order valence-electron chi connectivity index (χ4n) is 8.87. The molecule has 4 nitrogen and oxygen atoms in total. The Hall–Kier alpha value is -0.870. The molecular formula is C29H49NO3. The van der Waals surface area contributed by atoms with Crippen LogP contribution in [0.15, 0.2) is 11.6 Å². The second-order valence-corrected chi connectivity index (χ2v) is 12.4. The average molecular weight is 460 g/mol. The van der Waals surface area contributed by atoms with E-state index in [0.29, 0.717) is 29.5 Å². The highest BCUT2D eigenvalue weighted by molar-refractivity contribution is 5.73. The zero-order valence-corrected chi connectivity index (χ0v) is 21.7. The second kappa shape index (κ2) is 10.4. The molecule has 3 fully saturated rings. The molecule has 0 aromatic carbocycles. The van der Waals surface area contributed by atoms with Crippen LogP contribution in [0.2, 0.25) is 0 Å².